The van der Waals surface area contributed by atoms with Crippen LogP contribution in [0.2, 0.25) is 0 Å². The Morgan fingerprint density at radius 2 is 1.22 bits per heavy atom. The van der Waals surface area contributed by atoms with Crippen LogP contribution in [0.4, 0.5) is 28.7 Å². The summed E-state index contributed by atoms with van der Waals surface area (Å²) < 4.78 is 0.490. The number of nitrogens with two attached hydrogens (primary N) is 1. The molecule has 3 saturated heterocycles. The number of anilines is 3. The first kappa shape index (κ1) is 40.4. The highest BCUT2D eigenvalue weighted by Gasteiger charge is 2.21. The van der Waals surface area contributed by atoms with Crippen molar-refractivity contribution in [3.8, 4) is 0 Å². The quantitative estimate of drug-likeness (QED) is 0.144. The van der Waals surface area contributed by atoms with E-state index in [1.165, 1.54) is 24.3 Å². The van der Waals surface area contributed by atoms with Crippen molar-refractivity contribution in [3.63, 3.8) is 0 Å². The second kappa shape index (κ2) is 20.0. The first-order valence-electron chi connectivity index (χ1n) is 16.6. The van der Waals surface area contributed by atoms with Gasteiger partial charge in [-0.1, -0.05) is 0 Å². The first-order valence-corrected chi connectivity index (χ1v) is 17.4. The average Bonchev–Trinajstić information content (AvgIpc) is 3.05. The monoisotopic (exact) mass is 761 g/mol. The van der Waals surface area contributed by atoms with E-state index in [0.29, 0.717) is 34.9 Å². The summed E-state index contributed by atoms with van der Waals surface area (Å²) >= 11 is 3.07. The van der Waals surface area contributed by atoms with Crippen molar-refractivity contribution in [2.24, 2.45) is 0 Å². The maximum Gasteiger partial charge on any atom is 0.274 e. The number of aliphatic hydroxyl groups excluding tert-OH is 3. The second-order valence-electron chi connectivity index (χ2n) is 12.5. The fraction of sp³-hybridized carbons (Fsp3) is 0.545. The third-order valence-electron chi connectivity index (χ3n) is 7.93. The van der Waals surface area contributed by atoms with Crippen LogP contribution >= 0.6 is 15.9 Å². The summed E-state index contributed by atoms with van der Waals surface area (Å²) in [6.07, 6.45) is 4.98. The van der Waals surface area contributed by atoms with Gasteiger partial charge < -0.3 is 36.2 Å². The fourth-order valence-electron chi connectivity index (χ4n) is 5.61. The fourth-order valence-corrected chi connectivity index (χ4v) is 6.13. The number of nitro groups is 2. The zero-order valence-corrected chi connectivity index (χ0v) is 30.3. The van der Waals surface area contributed by atoms with Crippen molar-refractivity contribution < 1.29 is 25.2 Å². The third kappa shape index (κ3) is 14.1. The highest BCUT2D eigenvalue weighted by molar-refractivity contribution is 9.10. The predicted molar refractivity (Wildman–Crippen MR) is 195 cm³/mol. The van der Waals surface area contributed by atoms with E-state index in [9.17, 15) is 30.4 Å². The summed E-state index contributed by atoms with van der Waals surface area (Å²) in [5, 5.41) is 52.1. The van der Waals surface area contributed by atoms with Gasteiger partial charge in [-0.25, -0.2) is 15.0 Å². The van der Waals surface area contributed by atoms with Crippen LogP contribution in [0.25, 0.3) is 0 Å². The van der Waals surface area contributed by atoms with Gasteiger partial charge in [0.05, 0.1) is 34.2 Å². The van der Waals surface area contributed by atoms with Crippen LogP contribution in [0.1, 0.15) is 55.6 Å². The Labute approximate surface area is 300 Å². The van der Waals surface area contributed by atoms with Crippen LogP contribution in [0, 0.1) is 41.0 Å². The molecule has 274 valence electrons. The topological polar surface area (TPSA) is 230 Å². The highest BCUT2D eigenvalue weighted by Crippen LogP contribution is 2.24. The van der Waals surface area contributed by atoms with Gasteiger partial charge in [0, 0.05) is 79.8 Å². The minimum absolute atomic E-state index is 0.0487. The van der Waals surface area contributed by atoms with Crippen LogP contribution < -0.4 is 20.9 Å². The lowest BCUT2D eigenvalue weighted by atomic mass is 10.1. The predicted octanol–water partition coefficient (Wildman–Crippen LogP) is 3.98. The average molecular weight is 763 g/mol. The van der Waals surface area contributed by atoms with E-state index >= 15 is 0 Å². The molecule has 0 radical (unpaired) electrons. The van der Waals surface area contributed by atoms with Crippen LogP contribution in [-0.4, -0.2) is 97.7 Å². The Bertz CT molecular complexity index is 1520. The molecule has 6 rings (SSSR count). The van der Waals surface area contributed by atoms with Gasteiger partial charge >= 0.3 is 0 Å². The van der Waals surface area contributed by atoms with E-state index in [4.69, 9.17) is 10.8 Å². The number of hydrogen-bond donors (Lipinski definition) is 5. The van der Waals surface area contributed by atoms with E-state index in [0.717, 1.165) is 81.9 Å². The Morgan fingerprint density at radius 1 is 0.740 bits per heavy atom. The minimum atomic E-state index is -0.445. The number of aryl methyl sites for hydroxylation is 3. The molecule has 16 nitrogen and oxygen atoms in total. The molecule has 0 bridgehead atoms. The molecule has 3 atom stereocenters. The van der Waals surface area contributed by atoms with Gasteiger partial charge in [-0.15, -0.1) is 0 Å². The number of aromatic nitrogens is 3. The zero-order valence-electron chi connectivity index (χ0n) is 28.7. The van der Waals surface area contributed by atoms with Gasteiger partial charge in [0.25, 0.3) is 11.4 Å². The van der Waals surface area contributed by atoms with E-state index in [1.807, 2.05) is 24.0 Å². The molecular formula is C33H48BrN9O7. The van der Waals surface area contributed by atoms with Crippen molar-refractivity contribution >= 4 is 44.6 Å². The molecule has 50 heavy (non-hydrogen) atoms. The molecule has 0 saturated carbocycles. The molecule has 3 aromatic heterocycles. The molecule has 0 aromatic carbocycles. The molecule has 3 aliphatic rings. The minimum Gasteiger partial charge on any atom is -0.399 e. The molecule has 3 aliphatic heterocycles. The SMILES string of the molecule is Cc1cc(N)cc(N2CCC[C@H](O)C2)n1.Cc1cc([N+](=O)[O-])cc(Br)n1.Cc1cc([N+](=O)[O-])cc(N2CCC[C@H](O)C2)n1.O[C@H]1CCCNC1. The molecule has 3 aromatic rings. The molecule has 6 heterocycles. The van der Waals surface area contributed by atoms with E-state index < -0.39 is 9.85 Å². The van der Waals surface area contributed by atoms with Gasteiger partial charge in [-0.05, 0) is 87.8 Å². The Balaban J connectivity index is 0.000000188. The summed E-state index contributed by atoms with van der Waals surface area (Å²) in [6.45, 7) is 10.1. The number of nitrogen functional groups attached to an aromatic ring is 1. The van der Waals surface area contributed by atoms with Crippen LogP contribution in [0.3, 0.4) is 0 Å². The van der Waals surface area contributed by atoms with Crippen molar-refractivity contribution in [2.75, 3.05) is 54.8 Å². The van der Waals surface area contributed by atoms with Crippen LogP contribution in [0.15, 0.2) is 41.0 Å². The number of rotatable bonds is 4. The van der Waals surface area contributed by atoms with Gasteiger partial charge in [-0.2, -0.15) is 0 Å². The van der Waals surface area contributed by atoms with Crippen molar-refractivity contribution in [1.82, 2.24) is 20.3 Å². The largest absolute Gasteiger partial charge is 0.399 e. The third-order valence-corrected chi connectivity index (χ3v) is 8.33. The normalized spacial score (nSPS) is 20.2. The maximum atomic E-state index is 10.8. The maximum absolute atomic E-state index is 10.8. The summed E-state index contributed by atoms with van der Waals surface area (Å²) in [7, 11) is 0. The van der Waals surface area contributed by atoms with E-state index in [1.54, 1.807) is 13.8 Å². The Kier molecular flexibility index (Phi) is 16.1. The molecule has 6 N–H and O–H groups in total. The molecular weight excluding hydrogens is 714 g/mol. The van der Waals surface area contributed by atoms with Gasteiger partial charge in [0.2, 0.25) is 0 Å². The molecule has 0 unspecified atom stereocenters. The Hall–Kier alpha value is -4.03. The number of pyridine rings is 3. The summed E-state index contributed by atoms with van der Waals surface area (Å²) in [6, 6.07) is 9.42. The highest BCUT2D eigenvalue weighted by atomic mass is 79.9. The van der Waals surface area contributed by atoms with Gasteiger partial charge in [0.1, 0.15) is 16.2 Å². The van der Waals surface area contributed by atoms with E-state index in [-0.39, 0.29) is 29.7 Å². The zero-order chi connectivity index (χ0) is 36.8. The summed E-state index contributed by atoms with van der Waals surface area (Å²) in [5.74, 6) is 1.46. The van der Waals surface area contributed by atoms with Crippen LogP contribution in [-0.2, 0) is 0 Å². The van der Waals surface area contributed by atoms with Crippen molar-refractivity contribution in [3.05, 3.63) is 78.3 Å². The molecule has 3 fully saturated rings. The summed E-state index contributed by atoms with van der Waals surface area (Å²) in [5.41, 5.74) is 8.79. The molecule has 0 aliphatic carbocycles. The first-order chi connectivity index (χ1) is 23.7. The van der Waals surface area contributed by atoms with Crippen molar-refractivity contribution in [1.29, 1.82) is 0 Å². The lowest BCUT2D eigenvalue weighted by molar-refractivity contribution is -0.385. The van der Waals surface area contributed by atoms with Crippen molar-refractivity contribution in [2.45, 2.75) is 77.6 Å². The standard InChI is InChI=1S/C11H15N3O3.C11H17N3O.C6H5BrN2O2.C5H11NO/c1-8-5-9(14(16)17)6-11(12-8)13-4-2-3-10(15)7-13;1-8-5-9(12)6-11(13-8)14-4-2-3-10(15)7-14;1-4-2-5(9(10)11)3-6(7)8-4;7-5-2-1-3-6-4-5/h5-6,10,15H,2-4,7H2,1H3;5-6,10,15H,2-4,7H2,1H3,(H2,12,13);2-3H,1H3;5-7H,1-4H2/t2*10-;;5-/m00.0/s1. The second-order valence-corrected chi connectivity index (χ2v) is 13.3. The Morgan fingerprint density at radius 3 is 1.64 bits per heavy atom. The van der Waals surface area contributed by atoms with Crippen LogP contribution in [0.5, 0.6) is 0 Å². The molecule has 0 amide bonds. The smallest absolute Gasteiger partial charge is 0.274 e. The van der Waals surface area contributed by atoms with Gasteiger partial charge in [0.15, 0.2) is 0 Å². The van der Waals surface area contributed by atoms with Gasteiger partial charge in [-0.3, -0.25) is 20.2 Å². The number of β-amino-alcohol motifs (C(OH)–C–C–N with tert-alkyl or cyclic N) is 3. The molecule has 17 heteroatoms. The number of piperidine rings is 3. The number of nitrogens with zero attached hydrogens (tertiary/aromatic N) is 7. The van der Waals surface area contributed by atoms with E-state index in [2.05, 4.69) is 41.1 Å². The number of hydrogen-bond acceptors (Lipinski definition) is 14. The number of nitrogens with one attached hydrogen (secondary N) is 1. The summed E-state index contributed by atoms with van der Waals surface area (Å²) in [4.78, 5) is 36.8. The molecule has 0 spiro atoms. The lowest BCUT2D eigenvalue weighted by Gasteiger charge is -2.31. The number of aliphatic hydroxyl groups is 3. The lowest BCUT2D eigenvalue weighted by Crippen LogP contribution is -2.38. The number of halogens is 1.